The molecule has 2 bridgehead atoms. The summed E-state index contributed by atoms with van der Waals surface area (Å²) in [6.07, 6.45) is 2.38. The lowest BCUT2D eigenvalue weighted by molar-refractivity contribution is 0.0621. The lowest BCUT2D eigenvalue weighted by Gasteiger charge is -2.44. The monoisotopic (exact) mass is 357 g/mol. The van der Waals surface area contributed by atoms with E-state index in [0.717, 1.165) is 34.3 Å². The topological polar surface area (TPSA) is 45.2 Å². The highest BCUT2D eigenvalue weighted by atomic mass is 16.1. The number of pyridine rings is 1. The van der Waals surface area contributed by atoms with Crippen LogP contribution in [0.2, 0.25) is 0 Å². The number of nitrogens with zero attached hydrogens (tertiary/aromatic N) is 2. The van der Waals surface area contributed by atoms with Crippen LogP contribution in [0, 0.1) is 5.92 Å². The fourth-order valence-electron chi connectivity index (χ4n) is 4.49. The molecule has 0 saturated carbocycles. The fraction of sp³-hybridized carbons (Fsp3) is 0.304. The second-order valence-electron chi connectivity index (χ2n) is 7.66. The first-order valence-electron chi connectivity index (χ1n) is 9.76. The molecule has 4 nitrogen and oxygen atoms in total. The van der Waals surface area contributed by atoms with Gasteiger partial charge in [-0.2, -0.15) is 0 Å². The van der Waals surface area contributed by atoms with Crippen molar-refractivity contribution < 1.29 is 4.79 Å². The summed E-state index contributed by atoms with van der Waals surface area (Å²) in [5.74, 6) is 0.630. The van der Waals surface area contributed by atoms with Crippen LogP contribution >= 0.6 is 0 Å². The third kappa shape index (κ3) is 3.10. The third-order valence-corrected chi connectivity index (χ3v) is 6.00. The maximum absolute atomic E-state index is 13.2. The van der Waals surface area contributed by atoms with Gasteiger partial charge in [0.1, 0.15) is 0 Å². The van der Waals surface area contributed by atoms with Crippen LogP contribution in [0.15, 0.2) is 60.7 Å². The Kier molecular flexibility index (Phi) is 4.13. The van der Waals surface area contributed by atoms with Crippen molar-refractivity contribution >= 4 is 16.8 Å². The number of hydrogen-bond donors (Lipinski definition) is 1. The Morgan fingerprint density at radius 3 is 2.48 bits per heavy atom. The zero-order chi connectivity index (χ0) is 18.2. The SMILES string of the molecule is O=C(NC1CN2CCC1CC2)c1cc(-c2ccccc2)nc2ccccc12. The first-order chi connectivity index (χ1) is 13.3. The number of piperidine rings is 3. The smallest absolute Gasteiger partial charge is 0.252 e. The molecule has 1 amide bonds. The van der Waals surface area contributed by atoms with Gasteiger partial charge in [-0.05, 0) is 44.0 Å². The Balaban J connectivity index is 1.52. The molecule has 1 unspecified atom stereocenters. The predicted molar refractivity (Wildman–Crippen MR) is 108 cm³/mol. The lowest BCUT2D eigenvalue weighted by Crippen LogP contribution is -2.57. The average molecular weight is 357 g/mol. The van der Waals surface area contributed by atoms with Gasteiger partial charge in [0.05, 0.1) is 16.8 Å². The minimum atomic E-state index is 0.0181. The molecule has 0 aliphatic carbocycles. The Bertz CT molecular complexity index is 977. The molecule has 0 spiro atoms. The van der Waals surface area contributed by atoms with Gasteiger partial charge in [0.15, 0.2) is 0 Å². The number of carbonyl (C=O) groups excluding carboxylic acids is 1. The van der Waals surface area contributed by atoms with Gasteiger partial charge in [-0.1, -0.05) is 48.5 Å². The van der Waals surface area contributed by atoms with Gasteiger partial charge in [-0.3, -0.25) is 4.79 Å². The molecule has 3 saturated heterocycles. The van der Waals surface area contributed by atoms with Crippen LogP contribution in [0.3, 0.4) is 0 Å². The standard InChI is InChI=1S/C23H23N3O/c27-23(25-22-15-26-12-10-17(22)11-13-26)19-14-21(16-6-2-1-3-7-16)24-20-9-5-4-8-18(19)20/h1-9,14,17,22H,10-13,15H2,(H,25,27). The van der Waals surface area contributed by atoms with Crippen molar-refractivity contribution in [2.75, 3.05) is 19.6 Å². The Hall–Kier alpha value is -2.72. The molecule has 27 heavy (non-hydrogen) atoms. The molecule has 4 heteroatoms. The quantitative estimate of drug-likeness (QED) is 0.777. The van der Waals surface area contributed by atoms with Gasteiger partial charge in [0.25, 0.3) is 5.91 Å². The highest BCUT2D eigenvalue weighted by molar-refractivity contribution is 6.07. The summed E-state index contributed by atoms with van der Waals surface area (Å²) in [7, 11) is 0. The minimum Gasteiger partial charge on any atom is -0.348 e. The van der Waals surface area contributed by atoms with Crippen molar-refractivity contribution in [2.45, 2.75) is 18.9 Å². The number of carbonyl (C=O) groups is 1. The van der Waals surface area contributed by atoms with Gasteiger partial charge in [0.2, 0.25) is 0 Å². The van der Waals surface area contributed by atoms with Crippen LogP contribution in [-0.4, -0.2) is 41.5 Å². The zero-order valence-electron chi connectivity index (χ0n) is 15.3. The van der Waals surface area contributed by atoms with Crippen molar-refractivity contribution in [2.24, 2.45) is 5.92 Å². The van der Waals surface area contributed by atoms with Gasteiger partial charge < -0.3 is 10.2 Å². The van der Waals surface area contributed by atoms with Crippen molar-refractivity contribution in [1.82, 2.24) is 15.2 Å². The summed E-state index contributed by atoms with van der Waals surface area (Å²) in [5.41, 5.74) is 3.45. The molecule has 0 radical (unpaired) electrons. The largest absolute Gasteiger partial charge is 0.348 e. The summed E-state index contributed by atoms with van der Waals surface area (Å²) in [6.45, 7) is 3.33. The summed E-state index contributed by atoms with van der Waals surface area (Å²) in [6, 6.07) is 20.2. The van der Waals surface area contributed by atoms with Gasteiger partial charge in [-0.15, -0.1) is 0 Å². The van der Waals surface area contributed by atoms with E-state index in [1.165, 1.54) is 25.9 Å². The van der Waals surface area contributed by atoms with E-state index in [1.54, 1.807) is 0 Å². The zero-order valence-corrected chi connectivity index (χ0v) is 15.3. The molecule has 136 valence electrons. The second-order valence-corrected chi connectivity index (χ2v) is 7.66. The fourth-order valence-corrected chi connectivity index (χ4v) is 4.49. The summed E-state index contributed by atoms with van der Waals surface area (Å²) in [5, 5.41) is 4.24. The van der Waals surface area contributed by atoms with Crippen LogP contribution in [0.1, 0.15) is 23.2 Å². The van der Waals surface area contributed by atoms with Crippen molar-refractivity contribution in [3.05, 3.63) is 66.2 Å². The molecule has 1 N–H and O–H groups in total. The van der Waals surface area contributed by atoms with Crippen molar-refractivity contribution in [1.29, 1.82) is 0 Å². The van der Waals surface area contributed by atoms with Crippen LogP contribution < -0.4 is 5.32 Å². The van der Waals surface area contributed by atoms with Crippen LogP contribution in [0.4, 0.5) is 0 Å². The van der Waals surface area contributed by atoms with Gasteiger partial charge in [0, 0.05) is 23.5 Å². The molecule has 3 aliphatic heterocycles. The van der Waals surface area contributed by atoms with Gasteiger partial charge in [-0.25, -0.2) is 4.98 Å². The lowest BCUT2D eigenvalue weighted by atomic mass is 9.84. The highest BCUT2D eigenvalue weighted by Crippen LogP contribution is 2.29. The number of hydrogen-bond acceptors (Lipinski definition) is 3. The maximum atomic E-state index is 13.2. The molecule has 3 aliphatic rings. The third-order valence-electron chi connectivity index (χ3n) is 6.00. The van der Waals surface area contributed by atoms with Crippen LogP contribution in [0.5, 0.6) is 0 Å². The van der Waals surface area contributed by atoms with Crippen molar-refractivity contribution in [3.63, 3.8) is 0 Å². The first-order valence-corrected chi connectivity index (χ1v) is 9.76. The van der Waals surface area contributed by atoms with E-state index in [4.69, 9.17) is 4.98 Å². The molecule has 4 heterocycles. The number of rotatable bonds is 3. The number of fused-ring (bicyclic) bond motifs is 4. The molecule has 1 aromatic heterocycles. The summed E-state index contributed by atoms with van der Waals surface area (Å²) in [4.78, 5) is 20.5. The molecular formula is C23H23N3O. The first kappa shape index (κ1) is 16.5. The van der Waals surface area contributed by atoms with Crippen molar-refractivity contribution in [3.8, 4) is 11.3 Å². The molecular weight excluding hydrogens is 334 g/mol. The van der Waals surface area contributed by atoms with Crippen LogP contribution in [-0.2, 0) is 0 Å². The number of nitrogens with one attached hydrogen (secondary N) is 1. The van der Waals surface area contributed by atoms with E-state index >= 15 is 0 Å². The number of para-hydroxylation sites is 1. The highest BCUT2D eigenvalue weighted by Gasteiger charge is 2.35. The van der Waals surface area contributed by atoms with E-state index in [-0.39, 0.29) is 11.9 Å². The Morgan fingerprint density at radius 2 is 1.74 bits per heavy atom. The summed E-state index contributed by atoms with van der Waals surface area (Å²) < 4.78 is 0. The molecule has 2 aromatic carbocycles. The summed E-state index contributed by atoms with van der Waals surface area (Å²) >= 11 is 0. The molecule has 1 atom stereocenters. The minimum absolute atomic E-state index is 0.0181. The molecule has 3 aromatic rings. The number of aromatic nitrogens is 1. The van der Waals surface area contributed by atoms with E-state index in [9.17, 15) is 4.79 Å². The molecule has 3 fully saturated rings. The van der Waals surface area contributed by atoms with Crippen LogP contribution in [0.25, 0.3) is 22.2 Å². The maximum Gasteiger partial charge on any atom is 0.252 e. The Morgan fingerprint density at radius 1 is 1.00 bits per heavy atom. The van der Waals surface area contributed by atoms with E-state index in [2.05, 4.69) is 10.2 Å². The average Bonchev–Trinajstić information content (AvgIpc) is 2.74. The number of benzene rings is 2. The second kappa shape index (κ2) is 6.78. The Labute approximate surface area is 159 Å². The van der Waals surface area contributed by atoms with E-state index in [1.807, 2.05) is 60.7 Å². The van der Waals surface area contributed by atoms with E-state index in [0.29, 0.717) is 5.92 Å². The molecule has 6 rings (SSSR count). The number of amides is 1. The normalized spacial score (nSPS) is 24.1. The van der Waals surface area contributed by atoms with Gasteiger partial charge >= 0.3 is 0 Å². The van der Waals surface area contributed by atoms with E-state index < -0.39 is 0 Å². The predicted octanol–water partition coefficient (Wildman–Crippen LogP) is 3.73.